The van der Waals surface area contributed by atoms with Crippen molar-refractivity contribution in [2.24, 2.45) is 5.92 Å². The first-order chi connectivity index (χ1) is 5.57. The number of hydrogen-bond donors (Lipinski definition) is 1. The smallest absolute Gasteiger partial charge is 0.338 e. The third kappa shape index (κ3) is 3.77. The monoisotopic (exact) mass is 188 g/mol. The van der Waals surface area contributed by atoms with Gasteiger partial charge in [0.05, 0.1) is 0 Å². The lowest BCUT2D eigenvalue weighted by Crippen LogP contribution is -2.42. The van der Waals surface area contributed by atoms with Crippen molar-refractivity contribution in [1.29, 1.82) is 0 Å². The summed E-state index contributed by atoms with van der Waals surface area (Å²) in [6.07, 6.45) is 0. The van der Waals surface area contributed by atoms with Gasteiger partial charge in [-0.05, 0) is 33.6 Å². The molecule has 0 spiro atoms. The molecule has 3 heteroatoms. The maximum Gasteiger partial charge on any atom is 0.338 e. The molecular formula is C10H20O3. The predicted octanol–water partition coefficient (Wildman–Crippen LogP) is 1.74. The summed E-state index contributed by atoms with van der Waals surface area (Å²) in [5.74, 6) is -0.356. The molecule has 0 aliphatic carbocycles. The summed E-state index contributed by atoms with van der Waals surface area (Å²) in [7, 11) is 0. The SMILES string of the molecule is CC(C)C(C)(C)OC(=O)C(C)(C)O. The van der Waals surface area contributed by atoms with E-state index in [9.17, 15) is 9.90 Å². The Bertz CT molecular complexity index is 187. The van der Waals surface area contributed by atoms with Gasteiger partial charge in [0.1, 0.15) is 5.60 Å². The second-order valence-electron chi connectivity index (χ2n) is 4.71. The molecule has 1 N–H and O–H groups in total. The first-order valence-electron chi connectivity index (χ1n) is 4.53. The van der Waals surface area contributed by atoms with E-state index in [-0.39, 0.29) is 5.92 Å². The lowest BCUT2D eigenvalue weighted by Gasteiger charge is -2.31. The molecule has 0 fully saturated rings. The molecule has 0 aromatic carbocycles. The fourth-order valence-corrected chi connectivity index (χ4v) is 0.482. The summed E-state index contributed by atoms with van der Waals surface area (Å²) in [5.41, 5.74) is -1.94. The third-order valence-corrected chi connectivity index (χ3v) is 2.25. The number of ether oxygens (including phenoxy) is 1. The van der Waals surface area contributed by atoms with Gasteiger partial charge in [0, 0.05) is 0 Å². The molecule has 78 valence electrons. The fraction of sp³-hybridized carbons (Fsp3) is 0.900. The van der Waals surface area contributed by atoms with Crippen LogP contribution in [0.1, 0.15) is 41.5 Å². The van der Waals surface area contributed by atoms with Gasteiger partial charge in [-0.1, -0.05) is 13.8 Å². The Balaban J connectivity index is 4.38. The van der Waals surface area contributed by atoms with Gasteiger partial charge in [-0.3, -0.25) is 0 Å². The molecule has 0 aromatic heterocycles. The topological polar surface area (TPSA) is 46.5 Å². The summed E-state index contributed by atoms with van der Waals surface area (Å²) >= 11 is 0. The lowest BCUT2D eigenvalue weighted by atomic mass is 9.94. The lowest BCUT2D eigenvalue weighted by molar-refractivity contribution is -0.179. The largest absolute Gasteiger partial charge is 0.457 e. The maximum atomic E-state index is 11.3. The van der Waals surface area contributed by atoms with Crippen molar-refractivity contribution >= 4 is 5.97 Å². The van der Waals surface area contributed by atoms with E-state index in [1.807, 2.05) is 27.7 Å². The van der Waals surface area contributed by atoms with E-state index in [4.69, 9.17) is 4.74 Å². The van der Waals surface area contributed by atoms with Crippen molar-refractivity contribution in [2.75, 3.05) is 0 Å². The summed E-state index contributed by atoms with van der Waals surface area (Å²) in [6.45, 7) is 10.5. The minimum atomic E-state index is -1.41. The van der Waals surface area contributed by atoms with Crippen molar-refractivity contribution in [2.45, 2.75) is 52.7 Å². The Morgan fingerprint density at radius 1 is 1.23 bits per heavy atom. The number of hydrogen-bond acceptors (Lipinski definition) is 3. The highest BCUT2D eigenvalue weighted by molar-refractivity contribution is 5.78. The number of carbonyl (C=O) groups excluding carboxylic acids is 1. The first-order valence-corrected chi connectivity index (χ1v) is 4.53. The molecule has 0 rings (SSSR count). The van der Waals surface area contributed by atoms with Crippen molar-refractivity contribution < 1.29 is 14.6 Å². The van der Waals surface area contributed by atoms with Gasteiger partial charge in [0.15, 0.2) is 5.60 Å². The molecule has 0 heterocycles. The molecule has 0 aliphatic rings. The number of esters is 1. The zero-order valence-corrected chi connectivity index (χ0v) is 9.34. The zero-order valence-electron chi connectivity index (χ0n) is 9.34. The highest BCUT2D eigenvalue weighted by Crippen LogP contribution is 2.22. The summed E-state index contributed by atoms with van der Waals surface area (Å²) < 4.78 is 5.17. The Labute approximate surface area is 80.1 Å². The molecule has 0 saturated carbocycles. The quantitative estimate of drug-likeness (QED) is 0.686. The molecule has 0 unspecified atom stereocenters. The molecule has 13 heavy (non-hydrogen) atoms. The van der Waals surface area contributed by atoms with Crippen LogP contribution in [-0.2, 0) is 9.53 Å². The van der Waals surface area contributed by atoms with E-state index in [2.05, 4.69) is 0 Å². The Morgan fingerprint density at radius 2 is 1.62 bits per heavy atom. The summed E-state index contributed by atoms with van der Waals surface area (Å²) in [4.78, 5) is 11.3. The van der Waals surface area contributed by atoms with Crippen LogP contribution in [0.5, 0.6) is 0 Å². The number of carbonyl (C=O) groups is 1. The second kappa shape index (κ2) is 3.66. The first kappa shape index (κ1) is 12.4. The molecule has 0 radical (unpaired) electrons. The van der Waals surface area contributed by atoms with Crippen LogP contribution in [0.2, 0.25) is 0 Å². The Kier molecular flexibility index (Phi) is 3.50. The Morgan fingerprint density at radius 3 is 1.85 bits per heavy atom. The highest BCUT2D eigenvalue weighted by atomic mass is 16.6. The molecule has 0 bridgehead atoms. The van der Waals surface area contributed by atoms with Gasteiger partial charge < -0.3 is 9.84 Å². The van der Waals surface area contributed by atoms with E-state index < -0.39 is 17.2 Å². The molecule has 0 aliphatic heterocycles. The molecule has 3 nitrogen and oxygen atoms in total. The zero-order chi connectivity index (χ0) is 10.9. The second-order valence-corrected chi connectivity index (χ2v) is 4.71. The van der Waals surface area contributed by atoms with Crippen LogP contribution in [0.3, 0.4) is 0 Å². The highest BCUT2D eigenvalue weighted by Gasteiger charge is 2.33. The van der Waals surface area contributed by atoms with Crippen LogP contribution in [-0.4, -0.2) is 22.3 Å². The van der Waals surface area contributed by atoms with Crippen molar-refractivity contribution in [3.8, 4) is 0 Å². The average Bonchev–Trinajstić information content (AvgIpc) is 1.83. The van der Waals surface area contributed by atoms with E-state index >= 15 is 0 Å². The van der Waals surface area contributed by atoms with Crippen LogP contribution in [0.25, 0.3) is 0 Å². The van der Waals surface area contributed by atoms with Crippen molar-refractivity contribution in [1.82, 2.24) is 0 Å². The van der Waals surface area contributed by atoms with Gasteiger partial charge in [-0.2, -0.15) is 0 Å². The van der Waals surface area contributed by atoms with Crippen molar-refractivity contribution in [3.05, 3.63) is 0 Å². The predicted molar refractivity (Wildman–Crippen MR) is 51.3 cm³/mol. The summed E-state index contributed by atoms with van der Waals surface area (Å²) in [5, 5.41) is 9.36. The minimum absolute atomic E-state index is 0.221. The van der Waals surface area contributed by atoms with Gasteiger partial charge in [-0.25, -0.2) is 4.79 Å². The third-order valence-electron chi connectivity index (χ3n) is 2.25. The average molecular weight is 188 g/mol. The standard InChI is InChI=1S/C10H20O3/c1-7(2)10(5,6)13-8(11)9(3,4)12/h7,12H,1-6H3. The van der Waals surface area contributed by atoms with Gasteiger partial charge in [-0.15, -0.1) is 0 Å². The summed E-state index contributed by atoms with van der Waals surface area (Å²) in [6, 6.07) is 0. The van der Waals surface area contributed by atoms with Crippen LogP contribution in [0.4, 0.5) is 0 Å². The van der Waals surface area contributed by atoms with Crippen LogP contribution < -0.4 is 0 Å². The van der Waals surface area contributed by atoms with Crippen LogP contribution in [0.15, 0.2) is 0 Å². The molecule has 0 amide bonds. The normalized spacial score (nSPS) is 13.2. The van der Waals surface area contributed by atoms with Gasteiger partial charge in [0.2, 0.25) is 0 Å². The number of rotatable bonds is 3. The van der Waals surface area contributed by atoms with Gasteiger partial charge in [0.25, 0.3) is 0 Å². The van der Waals surface area contributed by atoms with Crippen LogP contribution in [0, 0.1) is 5.92 Å². The van der Waals surface area contributed by atoms with E-state index in [1.54, 1.807) is 0 Å². The van der Waals surface area contributed by atoms with E-state index in [0.717, 1.165) is 0 Å². The van der Waals surface area contributed by atoms with E-state index in [1.165, 1.54) is 13.8 Å². The molecule has 0 atom stereocenters. The maximum absolute atomic E-state index is 11.3. The van der Waals surface area contributed by atoms with Crippen LogP contribution >= 0.6 is 0 Å². The van der Waals surface area contributed by atoms with E-state index in [0.29, 0.717) is 0 Å². The Hall–Kier alpha value is -0.570. The minimum Gasteiger partial charge on any atom is -0.457 e. The molecule has 0 saturated heterocycles. The molecule has 0 aromatic rings. The molecular weight excluding hydrogens is 168 g/mol. The van der Waals surface area contributed by atoms with Crippen molar-refractivity contribution in [3.63, 3.8) is 0 Å². The van der Waals surface area contributed by atoms with Gasteiger partial charge >= 0.3 is 5.97 Å². The number of aliphatic hydroxyl groups is 1. The fourth-order valence-electron chi connectivity index (χ4n) is 0.482.